The van der Waals surface area contributed by atoms with Crippen molar-refractivity contribution in [1.82, 2.24) is 4.98 Å². The van der Waals surface area contributed by atoms with Crippen molar-refractivity contribution in [1.29, 1.82) is 0 Å². The number of aryl methyl sites for hydroxylation is 1. The number of rotatable bonds is 1. The Morgan fingerprint density at radius 2 is 2.12 bits per heavy atom. The van der Waals surface area contributed by atoms with E-state index in [-0.39, 0.29) is 0 Å². The standard InChI is InChI=1S/C12H12ClFN2/c1-3-9-6(2)12(15)11-8(13)4-7(14)5-10(11)16-9/h4-5H,3H2,1-2H3,(H2,15,16). The second-order valence-electron chi connectivity index (χ2n) is 3.73. The van der Waals surface area contributed by atoms with Crippen LogP contribution in [0.1, 0.15) is 18.2 Å². The summed E-state index contributed by atoms with van der Waals surface area (Å²) >= 11 is 5.98. The van der Waals surface area contributed by atoms with Crippen LogP contribution in [0.5, 0.6) is 0 Å². The van der Waals surface area contributed by atoms with Crippen LogP contribution < -0.4 is 5.73 Å². The normalized spacial score (nSPS) is 11.0. The number of aromatic nitrogens is 1. The van der Waals surface area contributed by atoms with Gasteiger partial charge in [-0.15, -0.1) is 0 Å². The van der Waals surface area contributed by atoms with Crippen molar-refractivity contribution in [3.8, 4) is 0 Å². The van der Waals surface area contributed by atoms with E-state index in [9.17, 15) is 4.39 Å². The maximum absolute atomic E-state index is 13.2. The van der Waals surface area contributed by atoms with Gasteiger partial charge in [-0.3, -0.25) is 4.98 Å². The highest BCUT2D eigenvalue weighted by Gasteiger charge is 2.12. The van der Waals surface area contributed by atoms with Crippen molar-refractivity contribution in [3.63, 3.8) is 0 Å². The lowest BCUT2D eigenvalue weighted by molar-refractivity contribution is 0.629. The van der Waals surface area contributed by atoms with Crippen molar-refractivity contribution in [2.24, 2.45) is 0 Å². The first-order chi connectivity index (χ1) is 7.54. The average Bonchev–Trinajstić information content (AvgIpc) is 2.22. The highest BCUT2D eigenvalue weighted by Crippen LogP contribution is 2.32. The van der Waals surface area contributed by atoms with E-state index in [0.717, 1.165) is 17.7 Å². The van der Waals surface area contributed by atoms with Gasteiger partial charge in [0.1, 0.15) is 5.82 Å². The summed E-state index contributed by atoms with van der Waals surface area (Å²) in [4.78, 5) is 4.37. The van der Waals surface area contributed by atoms with Crippen LogP contribution in [0.15, 0.2) is 12.1 Å². The molecule has 0 unspecified atom stereocenters. The maximum Gasteiger partial charge on any atom is 0.126 e. The van der Waals surface area contributed by atoms with Crippen LogP contribution in [0.25, 0.3) is 10.9 Å². The Kier molecular flexibility index (Phi) is 2.72. The van der Waals surface area contributed by atoms with Crippen LogP contribution in [-0.4, -0.2) is 4.98 Å². The van der Waals surface area contributed by atoms with E-state index in [0.29, 0.717) is 21.6 Å². The fraction of sp³-hybridized carbons (Fsp3) is 0.250. The molecule has 0 aliphatic heterocycles. The van der Waals surface area contributed by atoms with Gasteiger partial charge < -0.3 is 5.73 Å². The molecule has 16 heavy (non-hydrogen) atoms. The molecule has 84 valence electrons. The summed E-state index contributed by atoms with van der Waals surface area (Å²) in [6.45, 7) is 3.89. The Morgan fingerprint density at radius 3 is 2.75 bits per heavy atom. The number of benzene rings is 1. The first-order valence-corrected chi connectivity index (χ1v) is 5.46. The van der Waals surface area contributed by atoms with Crippen molar-refractivity contribution < 1.29 is 4.39 Å². The molecule has 2 aromatic rings. The number of pyridine rings is 1. The molecule has 4 heteroatoms. The fourth-order valence-corrected chi connectivity index (χ4v) is 2.13. The maximum atomic E-state index is 13.2. The van der Waals surface area contributed by atoms with Gasteiger partial charge in [0, 0.05) is 22.8 Å². The van der Waals surface area contributed by atoms with E-state index < -0.39 is 5.82 Å². The van der Waals surface area contributed by atoms with E-state index in [2.05, 4.69) is 4.98 Å². The van der Waals surface area contributed by atoms with Gasteiger partial charge in [0.25, 0.3) is 0 Å². The molecule has 0 radical (unpaired) electrons. The van der Waals surface area contributed by atoms with E-state index >= 15 is 0 Å². The number of anilines is 1. The van der Waals surface area contributed by atoms with E-state index in [1.807, 2.05) is 13.8 Å². The monoisotopic (exact) mass is 238 g/mol. The second-order valence-corrected chi connectivity index (χ2v) is 4.14. The summed E-state index contributed by atoms with van der Waals surface area (Å²) < 4.78 is 13.2. The van der Waals surface area contributed by atoms with Crippen LogP contribution in [0.4, 0.5) is 10.1 Å². The van der Waals surface area contributed by atoms with E-state index in [4.69, 9.17) is 17.3 Å². The zero-order chi connectivity index (χ0) is 11.9. The molecule has 0 fully saturated rings. The quantitative estimate of drug-likeness (QED) is 0.826. The Bertz CT molecular complexity index is 567. The molecule has 1 aromatic heterocycles. The lowest BCUT2D eigenvalue weighted by Crippen LogP contribution is -2.01. The molecule has 0 spiro atoms. The number of nitrogens with two attached hydrogens (primary N) is 1. The number of halogens is 2. The van der Waals surface area contributed by atoms with Gasteiger partial charge >= 0.3 is 0 Å². The molecule has 0 atom stereocenters. The van der Waals surface area contributed by atoms with E-state index in [1.54, 1.807) is 0 Å². The molecule has 0 saturated carbocycles. The third kappa shape index (κ3) is 1.61. The van der Waals surface area contributed by atoms with Crippen LogP contribution in [0.3, 0.4) is 0 Å². The molecule has 1 aromatic carbocycles. The summed E-state index contributed by atoms with van der Waals surface area (Å²) in [5.74, 6) is -0.393. The Balaban J connectivity index is 2.92. The van der Waals surface area contributed by atoms with Crippen molar-refractivity contribution in [3.05, 3.63) is 34.2 Å². The Morgan fingerprint density at radius 1 is 1.44 bits per heavy atom. The predicted octanol–water partition coefficient (Wildman–Crippen LogP) is 3.48. The largest absolute Gasteiger partial charge is 0.398 e. The van der Waals surface area contributed by atoms with Gasteiger partial charge in [0.2, 0.25) is 0 Å². The summed E-state index contributed by atoms with van der Waals surface area (Å²) in [6.07, 6.45) is 0.764. The summed E-state index contributed by atoms with van der Waals surface area (Å²) in [5, 5.41) is 0.948. The topological polar surface area (TPSA) is 38.9 Å². The second kappa shape index (κ2) is 3.91. The van der Waals surface area contributed by atoms with E-state index in [1.165, 1.54) is 12.1 Å². The van der Waals surface area contributed by atoms with Gasteiger partial charge in [-0.1, -0.05) is 18.5 Å². The molecule has 0 aliphatic carbocycles. The Hall–Kier alpha value is -1.35. The number of hydrogen-bond donors (Lipinski definition) is 1. The SMILES string of the molecule is CCc1nc2cc(F)cc(Cl)c2c(N)c1C. The third-order valence-electron chi connectivity index (χ3n) is 2.73. The summed E-state index contributed by atoms with van der Waals surface area (Å²) in [7, 11) is 0. The number of hydrogen-bond acceptors (Lipinski definition) is 2. The predicted molar refractivity (Wildman–Crippen MR) is 65.2 cm³/mol. The minimum atomic E-state index is -0.393. The minimum Gasteiger partial charge on any atom is -0.398 e. The average molecular weight is 239 g/mol. The lowest BCUT2D eigenvalue weighted by atomic mass is 10.1. The number of nitrogen functional groups attached to an aromatic ring is 1. The molecule has 0 bridgehead atoms. The van der Waals surface area contributed by atoms with Crippen molar-refractivity contribution in [2.75, 3.05) is 5.73 Å². The lowest BCUT2D eigenvalue weighted by Gasteiger charge is -2.11. The smallest absolute Gasteiger partial charge is 0.126 e. The van der Waals surface area contributed by atoms with Crippen molar-refractivity contribution >= 4 is 28.2 Å². The van der Waals surface area contributed by atoms with Gasteiger partial charge in [-0.05, 0) is 25.0 Å². The van der Waals surface area contributed by atoms with Gasteiger partial charge in [-0.25, -0.2) is 4.39 Å². The van der Waals surface area contributed by atoms with Crippen LogP contribution in [0.2, 0.25) is 5.02 Å². The van der Waals surface area contributed by atoms with Gasteiger partial charge in [0.05, 0.1) is 10.5 Å². The van der Waals surface area contributed by atoms with Crippen molar-refractivity contribution in [2.45, 2.75) is 20.3 Å². The molecule has 2 rings (SSSR count). The minimum absolute atomic E-state index is 0.311. The first kappa shape index (κ1) is 11.1. The van der Waals surface area contributed by atoms with Crippen LogP contribution >= 0.6 is 11.6 Å². The van der Waals surface area contributed by atoms with Crippen LogP contribution in [0, 0.1) is 12.7 Å². The number of fused-ring (bicyclic) bond motifs is 1. The highest BCUT2D eigenvalue weighted by molar-refractivity contribution is 6.36. The highest BCUT2D eigenvalue weighted by atomic mass is 35.5. The zero-order valence-electron chi connectivity index (χ0n) is 9.14. The Labute approximate surface area is 98.2 Å². The summed E-state index contributed by atoms with van der Waals surface area (Å²) in [6, 6.07) is 2.61. The molecule has 0 saturated heterocycles. The first-order valence-electron chi connectivity index (χ1n) is 5.08. The molecule has 2 nitrogen and oxygen atoms in total. The fourth-order valence-electron chi connectivity index (χ4n) is 1.83. The molecular weight excluding hydrogens is 227 g/mol. The molecular formula is C12H12ClFN2. The molecule has 1 heterocycles. The van der Waals surface area contributed by atoms with Gasteiger partial charge in [0.15, 0.2) is 0 Å². The number of nitrogens with zero attached hydrogens (tertiary/aromatic N) is 1. The third-order valence-corrected chi connectivity index (χ3v) is 3.03. The zero-order valence-corrected chi connectivity index (χ0v) is 9.90. The van der Waals surface area contributed by atoms with Gasteiger partial charge in [-0.2, -0.15) is 0 Å². The van der Waals surface area contributed by atoms with Crippen LogP contribution in [-0.2, 0) is 6.42 Å². The molecule has 0 aliphatic rings. The molecule has 0 amide bonds. The molecule has 2 N–H and O–H groups in total. The summed E-state index contributed by atoms with van der Waals surface area (Å²) in [5.41, 5.74) is 8.91.